The molecule has 0 aliphatic carbocycles. The number of aliphatic hydroxyl groups excluding tert-OH is 1. The number of hydrogen-bond acceptors (Lipinski definition) is 4. The van der Waals surface area contributed by atoms with E-state index in [0.29, 0.717) is 17.6 Å². The van der Waals surface area contributed by atoms with Crippen LogP contribution < -0.4 is 5.73 Å². The number of aliphatic hydroxyl groups is 1. The smallest absolute Gasteiger partial charge is 0.0862 e. The SMILES string of the molecule is CCC1(CC)CCN(CC(O)Cn2cc(N)cn2)CC1. The van der Waals surface area contributed by atoms with Gasteiger partial charge in [-0.05, 0) is 31.3 Å². The Bertz CT molecular complexity index is 404. The topological polar surface area (TPSA) is 67.3 Å². The minimum Gasteiger partial charge on any atom is -0.396 e. The molecule has 0 spiro atoms. The first-order valence-electron chi connectivity index (χ1n) is 7.75. The summed E-state index contributed by atoms with van der Waals surface area (Å²) in [6, 6.07) is 0. The van der Waals surface area contributed by atoms with Crippen LogP contribution in [0.15, 0.2) is 12.4 Å². The Balaban J connectivity index is 1.77. The lowest BCUT2D eigenvalue weighted by Gasteiger charge is -2.41. The number of nitrogen functional groups attached to an aromatic ring is 1. The average molecular weight is 280 g/mol. The van der Waals surface area contributed by atoms with Crippen LogP contribution in [0.5, 0.6) is 0 Å². The summed E-state index contributed by atoms with van der Waals surface area (Å²) in [5, 5.41) is 14.3. The molecule has 5 nitrogen and oxygen atoms in total. The molecular weight excluding hydrogens is 252 g/mol. The van der Waals surface area contributed by atoms with Gasteiger partial charge in [-0.25, -0.2) is 0 Å². The predicted molar refractivity (Wildman–Crippen MR) is 81.3 cm³/mol. The van der Waals surface area contributed by atoms with Crippen LogP contribution in [-0.4, -0.2) is 45.5 Å². The van der Waals surface area contributed by atoms with Crippen molar-refractivity contribution in [1.29, 1.82) is 0 Å². The first kappa shape index (κ1) is 15.3. The molecule has 114 valence electrons. The van der Waals surface area contributed by atoms with Crippen molar-refractivity contribution in [3.63, 3.8) is 0 Å². The molecule has 1 saturated heterocycles. The maximum atomic E-state index is 10.2. The van der Waals surface area contributed by atoms with E-state index in [4.69, 9.17) is 5.73 Å². The largest absolute Gasteiger partial charge is 0.396 e. The molecule has 5 heteroatoms. The summed E-state index contributed by atoms with van der Waals surface area (Å²) in [5.74, 6) is 0. The zero-order chi connectivity index (χ0) is 14.6. The first-order valence-corrected chi connectivity index (χ1v) is 7.75. The Hall–Kier alpha value is -1.07. The highest BCUT2D eigenvalue weighted by Crippen LogP contribution is 2.37. The molecule has 0 aromatic carbocycles. The summed E-state index contributed by atoms with van der Waals surface area (Å²) in [4.78, 5) is 2.38. The molecule has 3 N–H and O–H groups in total. The zero-order valence-electron chi connectivity index (χ0n) is 12.8. The summed E-state index contributed by atoms with van der Waals surface area (Å²) >= 11 is 0. The van der Waals surface area contributed by atoms with Crippen molar-refractivity contribution in [3.05, 3.63) is 12.4 Å². The van der Waals surface area contributed by atoms with Gasteiger partial charge in [-0.2, -0.15) is 5.10 Å². The zero-order valence-corrected chi connectivity index (χ0v) is 12.8. The van der Waals surface area contributed by atoms with Gasteiger partial charge in [0.1, 0.15) is 0 Å². The molecule has 2 rings (SSSR count). The lowest BCUT2D eigenvalue weighted by molar-refractivity contribution is 0.0460. The molecule has 20 heavy (non-hydrogen) atoms. The molecular formula is C15H28N4O. The maximum Gasteiger partial charge on any atom is 0.0862 e. The van der Waals surface area contributed by atoms with Crippen molar-refractivity contribution in [3.8, 4) is 0 Å². The Labute approximate surface area is 121 Å². The van der Waals surface area contributed by atoms with Crippen LogP contribution >= 0.6 is 0 Å². The highest BCUT2D eigenvalue weighted by atomic mass is 16.3. The van der Waals surface area contributed by atoms with E-state index < -0.39 is 0 Å². The van der Waals surface area contributed by atoms with Gasteiger partial charge in [-0.15, -0.1) is 0 Å². The number of piperidine rings is 1. The van der Waals surface area contributed by atoms with Gasteiger partial charge in [0.25, 0.3) is 0 Å². The van der Waals surface area contributed by atoms with E-state index in [1.54, 1.807) is 17.1 Å². The van der Waals surface area contributed by atoms with Gasteiger partial charge in [-0.3, -0.25) is 4.68 Å². The second-order valence-electron chi connectivity index (χ2n) is 6.16. The highest BCUT2D eigenvalue weighted by Gasteiger charge is 2.31. The second kappa shape index (κ2) is 6.59. The summed E-state index contributed by atoms with van der Waals surface area (Å²) in [6.45, 7) is 8.04. The van der Waals surface area contributed by atoms with Gasteiger partial charge in [-0.1, -0.05) is 26.7 Å². The normalized spacial score (nSPS) is 20.9. The van der Waals surface area contributed by atoms with Crippen LogP contribution in [0.2, 0.25) is 0 Å². The van der Waals surface area contributed by atoms with Crippen LogP contribution in [0.4, 0.5) is 5.69 Å². The van der Waals surface area contributed by atoms with Crippen LogP contribution in [0.25, 0.3) is 0 Å². The molecule has 1 aliphatic rings. The highest BCUT2D eigenvalue weighted by molar-refractivity contribution is 5.30. The van der Waals surface area contributed by atoms with E-state index in [0.717, 1.165) is 19.6 Å². The molecule has 1 aromatic rings. The van der Waals surface area contributed by atoms with E-state index in [2.05, 4.69) is 23.8 Å². The van der Waals surface area contributed by atoms with Crippen LogP contribution in [0.3, 0.4) is 0 Å². The number of likely N-dealkylation sites (tertiary alicyclic amines) is 1. The summed E-state index contributed by atoms with van der Waals surface area (Å²) < 4.78 is 1.71. The third-order valence-electron chi connectivity index (χ3n) is 4.94. The third-order valence-corrected chi connectivity index (χ3v) is 4.94. The molecule has 1 aromatic heterocycles. The van der Waals surface area contributed by atoms with Crippen LogP contribution in [0.1, 0.15) is 39.5 Å². The van der Waals surface area contributed by atoms with E-state index >= 15 is 0 Å². The molecule has 0 amide bonds. The monoisotopic (exact) mass is 280 g/mol. The van der Waals surface area contributed by atoms with Crippen molar-refractivity contribution in [1.82, 2.24) is 14.7 Å². The molecule has 1 fully saturated rings. The van der Waals surface area contributed by atoms with Gasteiger partial charge in [0.2, 0.25) is 0 Å². The van der Waals surface area contributed by atoms with E-state index in [1.807, 2.05) is 0 Å². The maximum absolute atomic E-state index is 10.2. The van der Waals surface area contributed by atoms with Crippen molar-refractivity contribution < 1.29 is 5.11 Å². The lowest BCUT2D eigenvalue weighted by atomic mass is 9.74. The van der Waals surface area contributed by atoms with Gasteiger partial charge in [0, 0.05) is 12.7 Å². The number of anilines is 1. The quantitative estimate of drug-likeness (QED) is 0.833. The number of rotatable bonds is 6. The average Bonchev–Trinajstić information content (AvgIpc) is 2.85. The van der Waals surface area contributed by atoms with Gasteiger partial charge < -0.3 is 15.7 Å². The van der Waals surface area contributed by atoms with Crippen molar-refractivity contribution in [2.75, 3.05) is 25.4 Å². The molecule has 0 bridgehead atoms. The molecule has 1 unspecified atom stereocenters. The lowest BCUT2D eigenvalue weighted by Crippen LogP contribution is -2.43. The summed E-state index contributed by atoms with van der Waals surface area (Å²) in [5.41, 5.74) is 6.81. The minimum absolute atomic E-state index is 0.384. The molecule has 2 heterocycles. The number of nitrogens with zero attached hydrogens (tertiary/aromatic N) is 3. The predicted octanol–water partition coefficient (Wildman–Crippen LogP) is 1.73. The molecule has 1 aliphatic heterocycles. The van der Waals surface area contributed by atoms with Gasteiger partial charge in [0.15, 0.2) is 0 Å². The van der Waals surface area contributed by atoms with Crippen molar-refractivity contribution >= 4 is 5.69 Å². The minimum atomic E-state index is -0.384. The van der Waals surface area contributed by atoms with E-state index in [-0.39, 0.29) is 6.10 Å². The Morgan fingerprint density at radius 1 is 1.30 bits per heavy atom. The van der Waals surface area contributed by atoms with Crippen LogP contribution in [0, 0.1) is 5.41 Å². The van der Waals surface area contributed by atoms with E-state index in [1.165, 1.54) is 25.7 Å². The van der Waals surface area contributed by atoms with E-state index in [9.17, 15) is 5.11 Å². The molecule has 1 atom stereocenters. The van der Waals surface area contributed by atoms with Crippen LogP contribution in [-0.2, 0) is 6.54 Å². The number of β-amino-alcohol motifs (C(OH)–C–C–N with tert-alkyl or cyclic N) is 1. The second-order valence-corrected chi connectivity index (χ2v) is 6.16. The molecule has 0 saturated carbocycles. The Kier molecular flexibility index (Phi) is 5.05. The standard InChI is InChI=1S/C15H28N4O/c1-3-15(4-2)5-7-18(8-6-15)11-14(20)12-19-10-13(16)9-17-19/h9-10,14,20H,3-8,11-12,16H2,1-2H3. The van der Waals surface area contributed by atoms with Gasteiger partial charge in [0.05, 0.1) is 24.5 Å². The fourth-order valence-electron chi connectivity index (χ4n) is 3.22. The summed E-state index contributed by atoms with van der Waals surface area (Å²) in [6.07, 6.45) is 8.04. The van der Waals surface area contributed by atoms with Crippen molar-refractivity contribution in [2.24, 2.45) is 5.41 Å². The first-order chi connectivity index (χ1) is 9.57. The van der Waals surface area contributed by atoms with Crippen molar-refractivity contribution in [2.45, 2.75) is 52.2 Å². The summed E-state index contributed by atoms with van der Waals surface area (Å²) in [7, 11) is 0. The Morgan fingerprint density at radius 3 is 2.45 bits per heavy atom. The molecule has 0 radical (unpaired) electrons. The fraction of sp³-hybridized carbons (Fsp3) is 0.800. The number of nitrogens with two attached hydrogens (primary N) is 1. The number of aromatic nitrogens is 2. The third kappa shape index (κ3) is 3.73. The van der Waals surface area contributed by atoms with Gasteiger partial charge >= 0.3 is 0 Å². The fourth-order valence-corrected chi connectivity index (χ4v) is 3.22. The Morgan fingerprint density at radius 2 is 1.95 bits per heavy atom. The number of hydrogen-bond donors (Lipinski definition) is 2.